The summed E-state index contributed by atoms with van der Waals surface area (Å²) in [5, 5.41) is 3.71. The quantitative estimate of drug-likeness (QED) is 0.749. The van der Waals surface area contributed by atoms with Crippen LogP contribution >= 0.6 is 11.6 Å². The molecule has 2 heterocycles. The van der Waals surface area contributed by atoms with Gasteiger partial charge in [-0.2, -0.15) is 0 Å². The molecule has 1 unspecified atom stereocenters. The smallest absolute Gasteiger partial charge is 0.251 e. The van der Waals surface area contributed by atoms with Crippen molar-refractivity contribution in [3.05, 3.63) is 64.4 Å². The first-order valence-electron chi connectivity index (χ1n) is 9.12. The number of aryl methyl sites for hydroxylation is 1. The Kier molecular flexibility index (Phi) is 4.68. The van der Waals surface area contributed by atoms with Crippen LogP contribution in [-0.2, 0) is 19.4 Å². The van der Waals surface area contributed by atoms with Gasteiger partial charge in [0.05, 0.1) is 11.0 Å². The molecular weight excluding hydrogens is 346 g/mol. The summed E-state index contributed by atoms with van der Waals surface area (Å²) in [6.07, 6.45) is 2.90. The fourth-order valence-corrected chi connectivity index (χ4v) is 3.83. The number of carbonyl (C=O) groups is 1. The number of benzene rings is 2. The van der Waals surface area contributed by atoms with Gasteiger partial charge in [0.15, 0.2) is 0 Å². The van der Waals surface area contributed by atoms with Crippen LogP contribution in [0.1, 0.15) is 35.1 Å². The molecule has 1 aliphatic rings. The van der Waals surface area contributed by atoms with Crippen molar-refractivity contribution < 1.29 is 4.79 Å². The summed E-state index contributed by atoms with van der Waals surface area (Å²) in [4.78, 5) is 17.2. The first kappa shape index (κ1) is 17.1. The van der Waals surface area contributed by atoms with Crippen LogP contribution in [0.3, 0.4) is 0 Å². The van der Waals surface area contributed by atoms with Gasteiger partial charge in [0, 0.05) is 30.1 Å². The van der Waals surface area contributed by atoms with Gasteiger partial charge in [-0.05, 0) is 48.6 Å². The van der Waals surface area contributed by atoms with E-state index in [1.54, 1.807) is 0 Å². The normalized spacial score (nSPS) is 16.5. The van der Waals surface area contributed by atoms with E-state index in [9.17, 15) is 4.79 Å². The molecule has 0 spiro atoms. The highest BCUT2D eigenvalue weighted by molar-refractivity contribution is 6.31. The first-order chi connectivity index (χ1) is 12.6. The van der Waals surface area contributed by atoms with Crippen LogP contribution in [0.15, 0.2) is 42.5 Å². The number of aromatic nitrogens is 2. The van der Waals surface area contributed by atoms with Crippen molar-refractivity contribution in [3.8, 4) is 0 Å². The Labute approximate surface area is 158 Å². The third kappa shape index (κ3) is 3.34. The molecule has 4 nitrogen and oxygen atoms in total. The highest BCUT2D eigenvalue weighted by atomic mass is 35.5. The average molecular weight is 368 g/mol. The van der Waals surface area contributed by atoms with E-state index in [-0.39, 0.29) is 5.91 Å². The molecular formula is C21H22ClN3O. The Balaban J connectivity index is 1.46. The molecule has 0 aliphatic carbocycles. The standard InChI is InChI=1S/C21H22ClN3O/c1-14-9-11-25-19-7-6-16(13-18(19)24-20(25)12-14)21(26)23-10-8-15-4-2-3-5-17(15)22/h2-7,13-14H,8-12H2,1H3,(H,23,26). The predicted octanol–water partition coefficient (Wildman–Crippen LogP) is 4.24. The lowest BCUT2D eigenvalue weighted by Crippen LogP contribution is -2.25. The van der Waals surface area contributed by atoms with E-state index < -0.39 is 0 Å². The number of amides is 1. The number of nitrogens with zero attached hydrogens (tertiary/aromatic N) is 2. The predicted molar refractivity (Wildman–Crippen MR) is 105 cm³/mol. The third-order valence-corrected chi connectivity index (χ3v) is 5.47. The van der Waals surface area contributed by atoms with Crippen LogP contribution in [0, 0.1) is 5.92 Å². The van der Waals surface area contributed by atoms with Crippen LogP contribution < -0.4 is 5.32 Å². The Bertz CT molecular complexity index is 963. The number of hydrogen-bond donors (Lipinski definition) is 1. The number of rotatable bonds is 4. The number of hydrogen-bond acceptors (Lipinski definition) is 2. The maximum atomic E-state index is 12.5. The number of nitrogens with one attached hydrogen (secondary N) is 1. The zero-order valence-corrected chi connectivity index (χ0v) is 15.6. The zero-order chi connectivity index (χ0) is 18.1. The molecule has 1 amide bonds. The minimum atomic E-state index is -0.0710. The van der Waals surface area contributed by atoms with Gasteiger partial charge in [-0.25, -0.2) is 4.98 Å². The summed E-state index contributed by atoms with van der Waals surface area (Å²) in [7, 11) is 0. The molecule has 0 saturated heterocycles. The van der Waals surface area contributed by atoms with Crippen molar-refractivity contribution in [1.82, 2.24) is 14.9 Å². The van der Waals surface area contributed by atoms with Crippen LogP contribution in [0.5, 0.6) is 0 Å². The highest BCUT2D eigenvalue weighted by Gasteiger charge is 2.19. The summed E-state index contributed by atoms with van der Waals surface area (Å²) >= 11 is 6.16. The molecule has 26 heavy (non-hydrogen) atoms. The van der Waals surface area contributed by atoms with E-state index in [0.717, 1.165) is 40.4 Å². The van der Waals surface area contributed by atoms with E-state index in [0.29, 0.717) is 24.4 Å². The fraction of sp³-hybridized carbons (Fsp3) is 0.333. The maximum Gasteiger partial charge on any atom is 0.251 e. The molecule has 1 atom stereocenters. The van der Waals surface area contributed by atoms with Gasteiger partial charge in [-0.15, -0.1) is 0 Å². The van der Waals surface area contributed by atoms with Crippen LogP contribution in [0.2, 0.25) is 5.02 Å². The molecule has 4 rings (SSSR count). The Morgan fingerprint density at radius 1 is 1.31 bits per heavy atom. The second-order valence-corrected chi connectivity index (χ2v) is 7.49. The van der Waals surface area contributed by atoms with Crippen molar-refractivity contribution in [2.24, 2.45) is 5.92 Å². The largest absolute Gasteiger partial charge is 0.352 e. The molecule has 1 aromatic heterocycles. The van der Waals surface area contributed by atoms with Gasteiger partial charge in [-0.1, -0.05) is 36.7 Å². The van der Waals surface area contributed by atoms with Gasteiger partial charge in [-0.3, -0.25) is 4.79 Å². The zero-order valence-electron chi connectivity index (χ0n) is 14.8. The van der Waals surface area contributed by atoms with E-state index in [1.165, 1.54) is 6.42 Å². The topological polar surface area (TPSA) is 46.9 Å². The van der Waals surface area contributed by atoms with Gasteiger partial charge in [0.25, 0.3) is 5.91 Å². The van der Waals surface area contributed by atoms with Crippen molar-refractivity contribution in [2.45, 2.75) is 32.7 Å². The molecule has 2 aromatic carbocycles. The average Bonchev–Trinajstić information content (AvgIpc) is 2.99. The Hall–Kier alpha value is -2.33. The van der Waals surface area contributed by atoms with Crippen molar-refractivity contribution in [1.29, 1.82) is 0 Å². The van der Waals surface area contributed by atoms with Gasteiger partial charge in [0.2, 0.25) is 0 Å². The number of carbonyl (C=O) groups excluding carboxylic acids is 1. The lowest BCUT2D eigenvalue weighted by Gasteiger charge is -2.19. The van der Waals surface area contributed by atoms with Gasteiger partial charge >= 0.3 is 0 Å². The molecule has 1 N–H and O–H groups in total. The molecule has 1 aliphatic heterocycles. The molecule has 5 heteroatoms. The van der Waals surface area contributed by atoms with Crippen molar-refractivity contribution in [2.75, 3.05) is 6.54 Å². The minimum absolute atomic E-state index is 0.0710. The summed E-state index contributed by atoms with van der Waals surface area (Å²) in [6.45, 7) is 3.83. The van der Waals surface area contributed by atoms with Gasteiger partial charge < -0.3 is 9.88 Å². The Morgan fingerprint density at radius 2 is 2.15 bits per heavy atom. The molecule has 0 bridgehead atoms. The van der Waals surface area contributed by atoms with Crippen molar-refractivity contribution in [3.63, 3.8) is 0 Å². The second kappa shape index (κ2) is 7.12. The molecule has 0 saturated carbocycles. The summed E-state index contributed by atoms with van der Waals surface area (Å²) < 4.78 is 2.29. The van der Waals surface area contributed by atoms with E-state index in [1.807, 2.05) is 42.5 Å². The molecule has 3 aromatic rings. The molecule has 134 valence electrons. The summed E-state index contributed by atoms with van der Waals surface area (Å²) in [6, 6.07) is 13.5. The lowest BCUT2D eigenvalue weighted by atomic mass is 10.0. The molecule has 0 fully saturated rings. The fourth-order valence-electron chi connectivity index (χ4n) is 3.60. The number of imidazole rings is 1. The van der Waals surface area contributed by atoms with Crippen molar-refractivity contribution >= 4 is 28.5 Å². The maximum absolute atomic E-state index is 12.5. The number of halogens is 1. The molecule has 0 radical (unpaired) electrons. The highest BCUT2D eigenvalue weighted by Crippen LogP contribution is 2.25. The third-order valence-electron chi connectivity index (χ3n) is 5.10. The second-order valence-electron chi connectivity index (χ2n) is 7.08. The van der Waals surface area contributed by atoms with E-state index >= 15 is 0 Å². The first-order valence-corrected chi connectivity index (χ1v) is 9.50. The van der Waals surface area contributed by atoms with Crippen LogP contribution in [-0.4, -0.2) is 22.0 Å². The minimum Gasteiger partial charge on any atom is -0.352 e. The monoisotopic (exact) mass is 367 g/mol. The summed E-state index contributed by atoms with van der Waals surface area (Å²) in [5.74, 6) is 1.74. The lowest BCUT2D eigenvalue weighted by molar-refractivity contribution is 0.0954. The number of fused-ring (bicyclic) bond motifs is 3. The SMILES string of the molecule is CC1CCn2c(nc3cc(C(=O)NCCc4ccccc4Cl)ccc32)C1. The van der Waals surface area contributed by atoms with Gasteiger partial charge in [0.1, 0.15) is 5.82 Å². The van der Waals surface area contributed by atoms with Crippen LogP contribution in [0.25, 0.3) is 11.0 Å². The van der Waals surface area contributed by atoms with E-state index in [4.69, 9.17) is 16.6 Å². The summed E-state index contributed by atoms with van der Waals surface area (Å²) in [5.41, 5.74) is 3.73. The van der Waals surface area contributed by atoms with Crippen LogP contribution in [0.4, 0.5) is 0 Å². The Morgan fingerprint density at radius 3 is 3.00 bits per heavy atom. The van der Waals surface area contributed by atoms with E-state index in [2.05, 4.69) is 16.8 Å².